The lowest BCUT2D eigenvalue weighted by molar-refractivity contribution is -0.113. The Balaban J connectivity index is 1.90. The summed E-state index contributed by atoms with van der Waals surface area (Å²) in [6.45, 7) is 8.18. The third-order valence-electron chi connectivity index (χ3n) is 3.92. The van der Waals surface area contributed by atoms with Crippen LogP contribution in [0.5, 0.6) is 0 Å². The van der Waals surface area contributed by atoms with Crippen LogP contribution >= 0.6 is 11.3 Å². The average molecular weight is 357 g/mol. The summed E-state index contributed by atoms with van der Waals surface area (Å²) < 4.78 is 0. The molecule has 2 aromatic rings. The lowest BCUT2D eigenvalue weighted by Crippen LogP contribution is -2.26. The van der Waals surface area contributed by atoms with E-state index in [1.54, 1.807) is 42.6 Å². The van der Waals surface area contributed by atoms with E-state index in [4.69, 9.17) is 0 Å². The second-order valence-corrected chi connectivity index (χ2v) is 6.91. The quantitative estimate of drug-likeness (QED) is 0.775. The highest BCUT2D eigenvalue weighted by molar-refractivity contribution is 7.11. The van der Waals surface area contributed by atoms with Crippen LogP contribution in [0, 0.1) is 6.92 Å². The molecule has 0 saturated carbocycles. The first-order valence-electron chi connectivity index (χ1n) is 8.19. The fourth-order valence-corrected chi connectivity index (χ4v) is 3.43. The van der Waals surface area contributed by atoms with E-state index in [1.807, 2.05) is 0 Å². The van der Waals surface area contributed by atoms with Crippen molar-refractivity contribution < 1.29 is 9.59 Å². The first-order chi connectivity index (χ1) is 12.0. The lowest BCUT2D eigenvalue weighted by Gasteiger charge is -2.15. The molecular weight excluding hydrogens is 334 g/mol. The van der Waals surface area contributed by atoms with Crippen LogP contribution in [0.15, 0.2) is 36.9 Å². The number of carbonyl (C=O) groups is 2. The molecule has 0 spiro atoms. The topological polar surface area (TPSA) is 62.3 Å². The van der Waals surface area contributed by atoms with Crippen LogP contribution in [0.25, 0.3) is 0 Å². The molecule has 6 heteroatoms. The summed E-state index contributed by atoms with van der Waals surface area (Å²) >= 11 is 1.69. The number of aromatic nitrogens is 1. The number of rotatable bonds is 7. The molecule has 0 fully saturated rings. The molecule has 1 N–H and O–H groups in total. The number of carbonyl (C=O) groups excluding carboxylic acids is 2. The highest BCUT2D eigenvalue weighted by Gasteiger charge is 2.10. The second kappa shape index (κ2) is 8.58. The number of amides is 2. The summed E-state index contributed by atoms with van der Waals surface area (Å²) in [5.74, 6) is -0.323. The Labute approximate surface area is 152 Å². The van der Waals surface area contributed by atoms with Gasteiger partial charge in [0.05, 0.1) is 10.7 Å². The number of nitrogens with zero attached hydrogens (tertiary/aromatic N) is 2. The van der Waals surface area contributed by atoms with Gasteiger partial charge in [-0.05, 0) is 43.7 Å². The molecule has 2 rings (SSSR count). The molecule has 0 aliphatic rings. The number of thiazole rings is 1. The highest BCUT2D eigenvalue weighted by atomic mass is 32.1. The number of nitrogens with one attached hydrogen (secondary N) is 1. The maximum Gasteiger partial charge on any atom is 0.251 e. The minimum atomic E-state index is -0.192. The van der Waals surface area contributed by atoms with Gasteiger partial charge in [-0.3, -0.25) is 9.59 Å². The van der Waals surface area contributed by atoms with Gasteiger partial charge in [-0.15, -0.1) is 11.3 Å². The number of anilines is 1. The Morgan fingerprint density at radius 3 is 2.56 bits per heavy atom. The molecule has 5 nitrogen and oxygen atoms in total. The predicted octanol–water partition coefficient (Wildman–Crippen LogP) is 3.14. The predicted molar refractivity (Wildman–Crippen MR) is 102 cm³/mol. The van der Waals surface area contributed by atoms with Gasteiger partial charge in [-0.2, -0.15) is 0 Å². The zero-order valence-electron chi connectivity index (χ0n) is 14.8. The zero-order valence-corrected chi connectivity index (χ0v) is 15.7. The van der Waals surface area contributed by atoms with Crippen LogP contribution < -0.4 is 10.2 Å². The first-order valence-corrected chi connectivity index (χ1v) is 9.01. The van der Waals surface area contributed by atoms with Crippen LogP contribution in [-0.2, 0) is 17.6 Å². The molecule has 0 unspecified atom stereocenters. The molecule has 1 aromatic carbocycles. The van der Waals surface area contributed by atoms with Crippen LogP contribution in [0.1, 0.15) is 32.9 Å². The van der Waals surface area contributed by atoms with Crippen molar-refractivity contribution in [1.29, 1.82) is 0 Å². The Morgan fingerprint density at radius 1 is 1.32 bits per heavy atom. The molecule has 1 heterocycles. The van der Waals surface area contributed by atoms with E-state index >= 15 is 0 Å². The van der Waals surface area contributed by atoms with Gasteiger partial charge in [0.2, 0.25) is 5.91 Å². The van der Waals surface area contributed by atoms with Gasteiger partial charge in [0.15, 0.2) is 0 Å². The van der Waals surface area contributed by atoms with Crippen molar-refractivity contribution in [3.63, 3.8) is 0 Å². The van der Waals surface area contributed by atoms with E-state index < -0.39 is 0 Å². The summed E-state index contributed by atoms with van der Waals surface area (Å²) in [7, 11) is 1.67. The van der Waals surface area contributed by atoms with Crippen molar-refractivity contribution in [3.05, 3.63) is 58.1 Å². The van der Waals surface area contributed by atoms with Crippen molar-refractivity contribution >= 4 is 28.8 Å². The number of likely N-dealkylation sites (N-methyl/N-ethyl adjacent to an activating group) is 1. The van der Waals surface area contributed by atoms with E-state index in [0.717, 1.165) is 23.5 Å². The van der Waals surface area contributed by atoms with Crippen molar-refractivity contribution in [3.8, 4) is 0 Å². The van der Waals surface area contributed by atoms with Crippen molar-refractivity contribution in [1.82, 2.24) is 10.3 Å². The van der Waals surface area contributed by atoms with Gasteiger partial charge >= 0.3 is 0 Å². The molecule has 2 amide bonds. The van der Waals surface area contributed by atoms with Crippen LogP contribution in [0.2, 0.25) is 0 Å². The molecule has 1 aromatic heterocycles. The summed E-state index contributed by atoms with van der Waals surface area (Å²) in [5, 5.41) is 3.96. The van der Waals surface area contributed by atoms with Gasteiger partial charge < -0.3 is 10.2 Å². The third kappa shape index (κ3) is 4.76. The third-order valence-corrected chi connectivity index (χ3v) is 4.99. The zero-order chi connectivity index (χ0) is 18.4. The monoisotopic (exact) mass is 357 g/mol. The van der Waals surface area contributed by atoms with Crippen molar-refractivity contribution in [2.75, 3.05) is 18.5 Å². The molecule has 0 aliphatic heterocycles. The number of hydrogen-bond donors (Lipinski definition) is 1. The summed E-state index contributed by atoms with van der Waals surface area (Å²) in [5.41, 5.74) is 2.42. The Morgan fingerprint density at radius 2 is 2.00 bits per heavy atom. The molecule has 0 saturated heterocycles. The highest BCUT2D eigenvalue weighted by Crippen LogP contribution is 2.18. The Kier molecular flexibility index (Phi) is 6.47. The normalized spacial score (nSPS) is 10.4. The smallest absolute Gasteiger partial charge is 0.251 e. The van der Waals surface area contributed by atoms with Gasteiger partial charge in [-0.25, -0.2) is 4.98 Å². The van der Waals surface area contributed by atoms with Crippen LogP contribution in [-0.4, -0.2) is 30.4 Å². The SMILES string of the molecule is C=CC(=O)N(C)c1ccc(C(=O)NCCc2nc(CC)c(C)s2)cc1. The largest absolute Gasteiger partial charge is 0.352 e. The van der Waals surface area contributed by atoms with E-state index in [2.05, 4.69) is 30.7 Å². The molecule has 25 heavy (non-hydrogen) atoms. The van der Waals surface area contributed by atoms with Gasteiger partial charge in [0, 0.05) is 36.1 Å². The standard InChI is InChI=1S/C19H23N3O2S/c1-5-16-13(3)25-17(21-16)11-12-20-19(24)14-7-9-15(10-8-14)22(4)18(23)6-2/h6-10H,2,5,11-12H2,1,3-4H3,(H,20,24). The number of benzene rings is 1. The molecule has 0 bridgehead atoms. The second-order valence-electron chi connectivity index (χ2n) is 5.62. The summed E-state index contributed by atoms with van der Waals surface area (Å²) in [6.07, 6.45) is 2.92. The minimum Gasteiger partial charge on any atom is -0.352 e. The number of aryl methyl sites for hydroxylation is 2. The van der Waals surface area contributed by atoms with Gasteiger partial charge in [0.1, 0.15) is 0 Å². The minimum absolute atomic E-state index is 0.131. The van der Waals surface area contributed by atoms with E-state index in [9.17, 15) is 9.59 Å². The summed E-state index contributed by atoms with van der Waals surface area (Å²) in [4.78, 5) is 31.1. The maximum atomic E-state index is 12.2. The van der Waals surface area contributed by atoms with Crippen molar-refractivity contribution in [2.24, 2.45) is 0 Å². The fourth-order valence-electron chi connectivity index (χ4n) is 2.41. The van der Waals surface area contributed by atoms with E-state index in [1.165, 1.54) is 15.9 Å². The summed E-state index contributed by atoms with van der Waals surface area (Å²) in [6, 6.07) is 6.91. The molecule has 132 valence electrons. The van der Waals surface area contributed by atoms with E-state index in [-0.39, 0.29) is 11.8 Å². The molecule has 0 atom stereocenters. The molecule has 0 aliphatic carbocycles. The van der Waals surface area contributed by atoms with E-state index in [0.29, 0.717) is 17.8 Å². The first kappa shape index (κ1) is 18.9. The lowest BCUT2D eigenvalue weighted by atomic mass is 10.2. The molecular formula is C19H23N3O2S. The van der Waals surface area contributed by atoms with Crippen LogP contribution in [0.4, 0.5) is 5.69 Å². The van der Waals surface area contributed by atoms with Gasteiger partial charge in [-0.1, -0.05) is 13.5 Å². The van der Waals surface area contributed by atoms with Crippen LogP contribution in [0.3, 0.4) is 0 Å². The average Bonchev–Trinajstić information content (AvgIpc) is 3.00. The molecule has 0 radical (unpaired) electrons. The maximum absolute atomic E-state index is 12.2. The Bertz CT molecular complexity index is 765. The Hall–Kier alpha value is -2.47. The van der Waals surface area contributed by atoms with Gasteiger partial charge in [0.25, 0.3) is 5.91 Å². The number of hydrogen-bond acceptors (Lipinski definition) is 4. The fraction of sp³-hybridized carbons (Fsp3) is 0.316. The van der Waals surface area contributed by atoms with Crippen molar-refractivity contribution in [2.45, 2.75) is 26.7 Å².